The lowest BCUT2D eigenvalue weighted by Crippen LogP contribution is -2.46. The first-order valence-electron chi connectivity index (χ1n) is 9.16. The van der Waals surface area contributed by atoms with Crippen molar-refractivity contribution in [3.63, 3.8) is 0 Å². The van der Waals surface area contributed by atoms with Gasteiger partial charge in [0.2, 0.25) is 0 Å². The van der Waals surface area contributed by atoms with E-state index in [1.165, 1.54) is 19.3 Å². The summed E-state index contributed by atoms with van der Waals surface area (Å²) in [4.78, 5) is 24.0. The number of alkyl carbamates (subject to hydrolysis) is 1. The van der Waals surface area contributed by atoms with E-state index in [1.54, 1.807) is 0 Å². The minimum Gasteiger partial charge on any atom is -0.464 e. The highest BCUT2D eigenvalue weighted by molar-refractivity contribution is 5.81. The summed E-state index contributed by atoms with van der Waals surface area (Å²) in [6, 6.07) is -0.634. The molecule has 0 aliphatic heterocycles. The van der Waals surface area contributed by atoms with Crippen molar-refractivity contribution in [1.29, 1.82) is 0 Å². The third-order valence-electron chi connectivity index (χ3n) is 3.96. The van der Waals surface area contributed by atoms with Crippen molar-refractivity contribution in [2.24, 2.45) is 5.92 Å². The average molecular weight is 329 g/mol. The number of carbonyl (C=O) groups is 2. The Hall–Kier alpha value is -1.26. The first-order chi connectivity index (χ1) is 11.1. The first kappa shape index (κ1) is 21.7. The maximum Gasteiger partial charge on any atom is 0.407 e. The SMILES string of the molecule is CCCCCCCOC(=O)C(NC(=O)OCCCC)C(C)CC. The van der Waals surface area contributed by atoms with Crippen LogP contribution in [0.5, 0.6) is 0 Å². The van der Waals surface area contributed by atoms with Gasteiger partial charge in [-0.1, -0.05) is 66.2 Å². The maximum absolute atomic E-state index is 12.2. The number of hydrogen-bond acceptors (Lipinski definition) is 4. The van der Waals surface area contributed by atoms with Gasteiger partial charge in [0.1, 0.15) is 6.04 Å². The van der Waals surface area contributed by atoms with Crippen LogP contribution in [0.1, 0.15) is 79.1 Å². The summed E-state index contributed by atoms with van der Waals surface area (Å²) in [6.45, 7) is 8.91. The van der Waals surface area contributed by atoms with Gasteiger partial charge in [0.05, 0.1) is 13.2 Å². The molecule has 1 N–H and O–H groups in total. The van der Waals surface area contributed by atoms with E-state index in [1.807, 2.05) is 20.8 Å². The molecule has 0 aromatic heterocycles. The van der Waals surface area contributed by atoms with Crippen molar-refractivity contribution in [3.8, 4) is 0 Å². The smallest absolute Gasteiger partial charge is 0.407 e. The molecule has 0 aliphatic rings. The summed E-state index contributed by atoms with van der Waals surface area (Å²) in [5.41, 5.74) is 0. The largest absolute Gasteiger partial charge is 0.464 e. The van der Waals surface area contributed by atoms with Crippen LogP contribution < -0.4 is 5.32 Å². The molecule has 0 rings (SSSR count). The maximum atomic E-state index is 12.2. The second-order valence-corrected chi connectivity index (χ2v) is 6.08. The fourth-order valence-corrected chi connectivity index (χ4v) is 2.12. The molecule has 5 nitrogen and oxygen atoms in total. The number of rotatable bonds is 13. The highest BCUT2D eigenvalue weighted by atomic mass is 16.6. The number of unbranched alkanes of at least 4 members (excludes halogenated alkanes) is 5. The van der Waals surface area contributed by atoms with Crippen molar-refractivity contribution in [2.45, 2.75) is 85.1 Å². The Morgan fingerprint density at radius 1 is 0.870 bits per heavy atom. The summed E-state index contributed by atoms with van der Waals surface area (Å²) in [7, 11) is 0. The molecule has 0 saturated heterocycles. The number of amides is 1. The zero-order valence-electron chi connectivity index (χ0n) is 15.4. The molecule has 0 bridgehead atoms. The van der Waals surface area contributed by atoms with Gasteiger partial charge in [-0.15, -0.1) is 0 Å². The molecule has 0 radical (unpaired) electrons. The van der Waals surface area contributed by atoms with Crippen LogP contribution in [-0.2, 0) is 14.3 Å². The van der Waals surface area contributed by atoms with Crippen LogP contribution in [0, 0.1) is 5.92 Å². The Balaban J connectivity index is 4.20. The Morgan fingerprint density at radius 3 is 2.09 bits per heavy atom. The minimum atomic E-state index is -0.634. The molecule has 5 heteroatoms. The van der Waals surface area contributed by atoms with Crippen LogP contribution in [0.25, 0.3) is 0 Å². The van der Waals surface area contributed by atoms with E-state index < -0.39 is 12.1 Å². The van der Waals surface area contributed by atoms with Crippen LogP contribution in [0.2, 0.25) is 0 Å². The highest BCUT2D eigenvalue weighted by Gasteiger charge is 2.27. The van der Waals surface area contributed by atoms with Gasteiger partial charge in [0.25, 0.3) is 0 Å². The van der Waals surface area contributed by atoms with Crippen LogP contribution >= 0.6 is 0 Å². The predicted molar refractivity (Wildman–Crippen MR) is 92.4 cm³/mol. The molecular weight excluding hydrogens is 294 g/mol. The summed E-state index contributed by atoms with van der Waals surface area (Å²) in [5, 5.41) is 2.65. The van der Waals surface area contributed by atoms with Crippen LogP contribution in [0.4, 0.5) is 4.79 Å². The second kappa shape index (κ2) is 14.3. The number of hydrogen-bond donors (Lipinski definition) is 1. The zero-order chi connectivity index (χ0) is 17.5. The molecule has 136 valence electrons. The molecular formula is C18H35NO4. The third-order valence-corrected chi connectivity index (χ3v) is 3.96. The minimum absolute atomic E-state index is 0.0151. The number of carbonyl (C=O) groups excluding carboxylic acids is 2. The van der Waals surface area contributed by atoms with E-state index in [4.69, 9.17) is 9.47 Å². The van der Waals surface area contributed by atoms with E-state index in [0.717, 1.165) is 32.1 Å². The van der Waals surface area contributed by atoms with E-state index in [2.05, 4.69) is 12.2 Å². The molecule has 0 heterocycles. The lowest BCUT2D eigenvalue weighted by atomic mass is 9.99. The molecule has 0 spiro atoms. The fourth-order valence-electron chi connectivity index (χ4n) is 2.12. The summed E-state index contributed by atoms with van der Waals surface area (Å²) in [5.74, 6) is -0.344. The number of esters is 1. The Labute approximate surface area is 141 Å². The summed E-state index contributed by atoms with van der Waals surface area (Å²) in [6.07, 6.45) is 7.56. The van der Waals surface area contributed by atoms with Crippen molar-refractivity contribution in [1.82, 2.24) is 5.32 Å². The van der Waals surface area contributed by atoms with Gasteiger partial charge in [0, 0.05) is 0 Å². The van der Waals surface area contributed by atoms with Crippen molar-refractivity contribution < 1.29 is 19.1 Å². The van der Waals surface area contributed by atoms with Gasteiger partial charge in [-0.25, -0.2) is 9.59 Å². The van der Waals surface area contributed by atoms with E-state index in [9.17, 15) is 9.59 Å². The third kappa shape index (κ3) is 11.0. The quantitative estimate of drug-likeness (QED) is 0.401. The van der Waals surface area contributed by atoms with Gasteiger partial charge < -0.3 is 14.8 Å². The second-order valence-electron chi connectivity index (χ2n) is 6.08. The van der Waals surface area contributed by atoms with Gasteiger partial charge in [-0.05, 0) is 18.8 Å². The van der Waals surface area contributed by atoms with Gasteiger partial charge in [0.15, 0.2) is 0 Å². The average Bonchev–Trinajstić information content (AvgIpc) is 2.55. The molecule has 2 atom stereocenters. The zero-order valence-corrected chi connectivity index (χ0v) is 15.4. The number of ether oxygens (including phenoxy) is 2. The summed E-state index contributed by atoms with van der Waals surface area (Å²) < 4.78 is 10.4. The van der Waals surface area contributed by atoms with E-state index >= 15 is 0 Å². The van der Waals surface area contributed by atoms with Crippen LogP contribution in [-0.4, -0.2) is 31.3 Å². The van der Waals surface area contributed by atoms with Crippen molar-refractivity contribution >= 4 is 12.1 Å². The Morgan fingerprint density at radius 2 is 1.48 bits per heavy atom. The highest BCUT2D eigenvalue weighted by Crippen LogP contribution is 2.11. The molecule has 23 heavy (non-hydrogen) atoms. The normalized spacial score (nSPS) is 13.2. The molecule has 2 unspecified atom stereocenters. The molecule has 0 saturated carbocycles. The fraction of sp³-hybridized carbons (Fsp3) is 0.889. The van der Waals surface area contributed by atoms with Crippen molar-refractivity contribution in [2.75, 3.05) is 13.2 Å². The molecule has 1 amide bonds. The monoisotopic (exact) mass is 329 g/mol. The molecule has 0 aliphatic carbocycles. The van der Waals surface area contributed by atoms with Crippen LogP contribution in [0.15, 0.2) is 0 Å². The molecule has 0 fully saturated rings. The topological polar surface area (TPSA) is 64.6 Å². The predicted octanol–water partition coefficient (Wildman–Crippen LogP) is 4.44. The van der Waals surface area contributed by atoms with Gasteiger partial charge in [-0.3, -0.25) is 0 Å². The first-order valence-corrected chi connectivity index (χ1v) is 9.16. The Bertz CT molecular complexity index is 320. The van der Waals surface area contributed by atoms with Crippen molar-refractivity contribution in [3.05, 3.63) is 0 Å². The molecule has 0 aromatic rings. The molecule has 0 aromatic carbocycles. The lowest BCUT2D eigenvalue weighted by molar-refractivity contribution is -0.147. The lowest BCUT2D eigenvalue weighted by Gasteiger charge is -2.22. The van der Waals surface area contributed by atoms with E-state index in [0.29, 0.717) is 13.2 Å². The summed E-state index contributed by atoms with van der Waals surface area (Å²) >= 11 is 0. The number of nitrogens with one attached hydrogen (secondary N) is 1. The van der Waals surface area contributed by atoms with Gasteiger partial charge in [-0.2, -0.15) is 0 Å². The Kier molecular flexibility index (Phi) is 13.6. The standard InChI is InChI=1S/C18H35NO4/c1-5-8-10-11-12-14-22-17(20)16(15(4)7-3)19-18(21)23-13-9-6-2/h15-16H,5-14H2,1-4H3,(H,19,21). The van der Waals surface area contributed by atoms with E-state index in [-0.39, 0.29) is 11.9 Å². The van der Waals surface area contributed by atoms with Crippen LogP contribution in [0.3, 0.4) is 0 Å². The van der Waals surface area contributed by atoms with Gasteiger partial charge >= 0.3 is 12.1 Å².